The molecule has 1 N–H and O–H groups in total. The lowest BCUT2D eigenvalue weighted by Gasteiger charge is -2.17. The maximum absolute atomic E-state index is 5.95. The number of anilines is 1. The molecule has 0 saturated carbocycles. The molecule has 106 valence electrons. The summed E-state index contributed by atoms with van der Waals surface area (Å²) in [4.78, 5) is 2.29. The molecule has 4 heteroatoms. The predicted octanol–water partition coefficient (Wildman–Crippen LogP) is 4.65. The highest BCUT2D eigenvalue weighted by Crippen LogP contribution is 2.15. The van der Waals surface area contributed by atoms with E-state index < -0.39 is 0 Å². The topological polar surface area (TPSA) is 15.3 Å². The number of nitrogens with one attached hydrogen (secondary N) is 1. The number of nitrogens with zero attached hydrogens (tertiary/aromatic N) is 1. The summed E-state index contributed by atoms with van der Waals surface area (Å²) in [5.41, 5.74) is 2.37. The fourth-order valence-electron chi connectivity index (χ4n) is 2.02. The van der Waals surface area contributed by atoms with E-state index in [0.717, 1.165) is 34.8 Å². The molecule has 2 rings (SSSR count). The molecule has 0 aliphatic carbocycles. The minimum Gasteiger partial charge on any atom is -0.384 e. The van der Waals surface area contributed by atoms with Crippen LogP contribution in [-0.2, 0) is 6.54 Å². The van der Waals surface area contributed by atoms with Gasteiger partial charge < -0.3 is 10.2 Å². The molecule has 0 amide bonds. The van der Waals surface area contributed by atoms with E-state index in [4.69, 9.17) is 11.6 Å². The predicted molar refractivity (Wildman–Crippen MR) is 90.4 cm³/mol. The quantitative estimate of drug-likeness (QED) is 0.813. The Morgan fingerprint density at radius 1 is 1.15 bits per heavy atom. The van der Waals surface area contributed by atoms with E-state index in [0.29, 0.717) is 0 Å². The van der Waals surface area contributed by atoms with Gasteiger partial charge in [-0.05, 0) is 42.9 Å². The van der Waals surface area contributed by atoms with Gasteiger partial charge in [-0.15, -0.1) is 0 Å². The van der Waals surface area contributed by atoms with Crippen LogP contribution in [0.1, 0.15) is 5.56 Å². The van der Waals surface area contributed by atoms with Crippen LogP contribution in [0.15, 0.2) is 53.0 Å². The van der Waals surface area contributed by atoms with Gasteiger partial charge in [-0.2, -0.15) is 0 Å². The van der Waals surface area contributed by atoms with Crippen molar-refractivity contribution in [3.8, 4) is 0 Å². The van der Waals surface area contributed by atoms with Crippen molar-refractivity contribution in [1.29, 1.82) is 0 Å². The number of rotatable bonds is 6. The number of hydrogen-bond acceptors (Lipinski definition) is 2. The molecule has 0 unspecified atom stereocenters. The SMILES string of the molecule is CN(CCNc1cccc(Cl)c1)Cc1cccc(Br)c1. The second-order valence-corrected chi connectivity index (χ2v) is 6.16. The van der Waals surface area contributed by atoms with Crippen molar-refractivity contribution in [2.75, 3.05) is 25.5 Å². The van der Waals surface area contributed by atoms with Crippen LogP contribution in [0.25, 0.3) is 0 Å². The maximum atomic E-state index is 5.95. The van der Waals surface area contributed by atoms with Crippen molar-refractivity contribution >= 4 is 33.2 Å². The normalized spacial score (nSPS) is 10.8. The first-order chi connectivity index (χ1) is 9.63. The Morgan fingerprint density at radius 2 is 1.95 bits per heavy atom. The van der Waals surface area contributed by atoms with Crippen molar-refractivity contribution < 1.29 is 0 Å². The number of benzene rings is 2. The smallest absolute Gasteiger partial charge is 0.0426 e. The molecule has 0 atom stereocenters. The third-order valence-electron chi connectivity index (χ3n) is 2.99. The molecule has 0 saturated heterocycles. The third kappa shape index (κ3) is 5.16. The van der Waals surface area contributed by atoms with Crippen molar-refractivity contribution in [2.45, 2.75) is 6.54 Å². The van der Waals surface area contributed by atoms with Crippen LogP contribution in [0.2, 0.25) is 5.02 Å². The summed E-state index contributed by atoms with van der Waals surface area (Å²) < 4.78 is 1.13. The van der Waals surface area contributed by atoms with Crippen LogP contribution in [0.3, 0.4) is 0 Å². The van der Waals surface area contributed by atoms with Crippen LogP contribution < -0.4 is 5.32 Å². The van der Waals surface area contributed by atoms with Gasteiger partial charge in [-0.25, -0.2) is 0 Å². The van der Waals surface area contributed by atoms with Crippen molar-refractivity contribution in [2.24, 2.45) is 0 Å². The summed E-state index contributed by atoms with van der Waals surface area (Å²) in [5, 5.41) is 4.14. The van der Waals surface area contributed by atoms with Crippen LogP contribution in [0.5, 0.6) is 0 Å². The molecule has 0 heterocycles. The lowest BCUT2D eigenvalue weighted by Crippen LogP contribution is -2.24. The summed E-state index contributed by atoms with van der Waals surface area (Å²) in [5.74, 6) is 0. The summed E-state index contributed by atoms with van der Waals surface area (Å²) in [6.45, 7) is 2.81. The van der Waals surface area contributed by atoms with Gasteiger partial charge >= 0.3 is 0 Å². The molecule has 20 heavy (non-hydrogen) atoms. The first kappa shape index (κ1) is 15.4. The van der Waals surface area contributed by atoms with E-state index in [9.17, 15) is 0 Å². The minimum absolute atomic E-state index is 0.762. The Hall–Kier alpha value is -1.03. The standard InChI is InChI=1S/C16H18BrClN2/c1-20(12-13-4-2-5-14(17)10-13)9-8-19-16-7-3-6-15(18)11-16/h2-7,10-11,19H,8-9,12H2,1H3. The summed E-state index contributed by atoms with van der Waals surface area (Å²) in [6.07, 6.45) is 0. The van der Waals surface area contributed by atoms with E-state index in [2.05, 4.69) is 51.4 Å². The van der Waals surface area contributed by atoms with Crippen LogP contribution in [0.4, 0.5) is 5.69 Å². The van der Waals surface area contributed by atoms with E-state index in [1.807, 2.05) is 30.3 Å². The zero-order valence-electron chi connectivity index (χ0n) is 11.4. The highest BCUT2D eigenvalue weighted by atomic mass is 79.9. The molecule has 0 spiro atoms. The second-order valence-electron chi connectivity index (χ2n) is 4.80. The Labute approximate surface area is 133 Å². The Morgan fingerprint density at radius 3 is 2.70 bits per heavy atom. The molecule has 0 bridgehead atoms. The Kier molecular flexibility index (Phi) is 5.89. The number of likely N-dealkylation sites (N-methyl/N-ethyl adjacent to an activating group) is 1. The van der Waals surface area contributed by atoms with Crippen molar-refractivity contribution in [3.63, 3.8) is 0 Å². The molecule has 0 aliphatic rings. The largest absolute Gasteiger partial charge is 0.384 e. The Bertz CT molecular complexity index is 560. The van der Waals surface area contributed by atoms with Crippen LogP contribution in [-0.4, -0.2) is 25.0 Å². The maximum Gasteiger partial charge on any atom is 0.0426 e. The fourth-order valence-corrected chi connectivity index (χ4v) is 2.65. The monoisotopic (exact) mass is 352 g/mol. The molecule has 0 aliphatic heterocycles. The molecular weight excluding hydrogens is 336 g/mol. The van der Waals surface area contributed by atoms with Gasteiger partial charge in [-0.1, -0.05) is 45.7 Å². The summed E-state index contributed by atoms with van der Waals surface area (Å²) >= 11 is 9.45. The van der Waals surface area contributed by atoms with E-state index in [1.165, 1.54) is 5.56 Å². The molecule has 0 fully saturated rings. The second kappa shape index (κ2) is 7.67. The van der Waals surface area contributed by atoms with E-state index >= 15 is 0 Å². The van der Waals surface area contributed by atoms with Gasteiger partial charge in [-0.3, -0.25) is 0 Å². The molecule has 2 aromatic carbocycles. The minimum atomic E-state index is 0.762. The molecule has 0 aromatic heterocycles. The van der Waals surface area contributed by atoms with Gasteiger partial charge in [0.25, 0.3) is 0 Å². The number of hydrogen-bond donors (Lipinski definition) is 1. The molecule has 0 radical (unpaired) electrons. The molecule has 2 nitrogen and oxygen atoms in total. The van der Waals surface area contributed by atoms with Gasteiger partial charge in [0.05, 0.1) is 0 Å². The van der Waals surface area contributed by atoms with E-state index in [-0.39, 0.29) is 0 Å². The number of halogens is 2. The molecular formula is C16H18BrClN2. The van der Waals surface area contributed by atoms with Crippen molar-refractivity contribution in [3.05, 3.63) is 63.6 Å². The molecule has 2 aromatic rings. The van der Waals surface area contributed by atoms with Crippen molar-refractivity contribution in [1.82, 2.24) is 4.90 Å². The first-order valence-corrected chi connectivity index (χ1v) is 7.73. The summed E-state index contributed by atoms with van der Waals surface area (Å²) in [7, 11) is 2.13. The van der Waals surface area contributed by atoms with Gasteiger partial charge in [0.2, 0.25) is 0 Å². The zero-order valence-corrected chi connectivity index (χ0v) is 13.8. The first-order valence-electron chi connectivity index (χ1n) is 6.56. The van der Waals surface area contributed by atoms with Crippen LogP contribution in [0, 0.1) is 0 Å². The lowest BCUT2D eigenvalue weighted by atomic mass is 10.2. The summed E-state index contributed by atoms with van der Waals surface area (Å²) in [6, 6.07) is 16.2. The highest BCUT2D eigenvalue weighted by molar-refractivity contribution is 9.10. The average molecular weight is 354 g/mol. The van der Waals surface area contributed by atoms with Gasteiger partial charge in [0.15, 0.2) is 0 Å². The third-order valence-corrected chi connectivity index (χ3v) is 3.72. The van der Waals surface area contributed by atoms with E-state index in [1.54, 1.807) is 0 Å². The Balaban J connectivity index is 1.76. The average Bonchev–Trinajstić information content (AvgIpc) is 2.38. The zero-order chi connectivity index (χ0) is 14.4. The lowest BCUT2D eigenvalue weighted by molar-refractivity contribution is 0.340. The van der Waals surface area contributed by atoms with Gasteiger partial charge in [0.1, 0.15) is 0 Å². The van der Waals surface area contributed by atoms with Crippen LogP contribution >= 0.6 is 27.5 Å². The van der Waals surface area contributed by atoms with Gasteiger partial charge in [0, 0.05) is 34.8 Å². The fraction of sp³-hybridized carbons (Fsp3) is 0.250. The highest BCUT2D eigenvalue weighted by Gasteiger charge is 2.01.